The van der Waals surface area contributed by atoms with Gasteiger partial charge in [-0.3, -0.25) is 0 Å². The summed E-state index contributed by atoms with van der Waals surface area (Å²) in [5.74, 6) is 0.823. The minimum absolute atomic E-state index is 0.000533. The highest BCUT2D eigenvalue weighted by Gasteiger charge is 2.43. The molecule has 0 aliphatic carbocycles. The highest BCUT2D eigenvalue weighted by molar-refractivity contribution is 6.32. The van der Waals surface area contributed by atoms with Gasteiger partial charge in [-0.25, -0.2) is 9.78 Å². The van der Waals surface area contributed by atoms with Crippen LogP contribution in [0.15, 0.2) is 42.6 Å². The molecule has 0 radical (unpaired) electrons. The van der Waals surface area contributed by atoms with Crippen LogP contribution in [0.1, 0.15) is 38.2 Å². The number of halogens is 1. The third-order valence-electron chi connectivity index (χ3n) is 5.78. The molecule has 6 heteroatoms. The summed E-state index contributed by atoms with van der Waals surface area (Å²) in [5.41, 5.74) is 2.18. The first-order chi connectivity index (χ1) is 13.7. The van der Waals surface area contributed by atoms with E-state index in [9.17, 15) is 4.79 Å². The lowest BCUT2D eigenvalue weighted by atomic mass is 10.1. The second-order valence-corrected chi connectivity index (χ2v) is 8.14. The first kappa shape index (κ1) is 19.1. The molecule has 0 spiro atoms. The number of hydrogen-bond acceptors (Lipinski definition) is 3. The lowest BCUT2D eigenvalue weighted by Gasteiger charge is -2.41. The van der Waals surface area contributed by atoms with E-state index in [1.54, 1.807) is 6.20 Å². The molecule has 2 bridgehead atoms. The molecule has 2 aliphatic rings. The number of aryl methyl sites for hydroxylation is 1. The zero-order chi connectivity index (χ0) is 19.5. The first-order valence-electron chi connectivity index (χ1n) is 10.2. The zero-order valence-corrected chi connectivity index (χ0v) is 17.0. The highest BCUT2D eigenvalue weighted by Crippen LogP contribution is 2.34. The number of urea groups is 1. The molecule has 4 rings (SSSR count). The van der Waals surface area contributed by atoms with Crippen molar-refractivity contribution in [2.75, 3.05) is 23.3 Å². The minimum atomic E-state index is 0.000533. The Hall–Kier alpha value is -2.27. The molecule has 2 fully saturated rings. The number of fused-ring (bicyclic) bond motifs is 2. The van der Waals surface area contributed by atoms with Crippen molar-refractivity contribution < 1.29 is 4.79 Å². The average Bonchev–Trinajstić information content (AvgIpc) is 2.98. The monoisotopic (exact) mass is 398 g/mol. The minimum Gasteiger partial charge on any atom is -0.351 e. The number of nitrogens with one attached hydrogen (secondary N) is 1. The Bertz CT molecular complexity index is 812. The van der Waals surface area contributed by atoms with Crippen molar-refractivity contribution in [3.05, 3.63) is 53.2 Å². The Labute approximate surface area is 171 Å². The summed E-state index contributed by atoms with van der Waals surface area (Å²) in [6.45, 7) is 3.75. The molecule has 2 unspecified atom stereocenters. The molecule has 3 heterocycles. The average molecular weight is 399 g/mol. The summed E-state index contributed by atoms with van der Waals surface area (Å²) in [6.07, 6.45) is 7.29. The number of aromatic nitrogens is 1. The van der Waals surface area contributed by atoms with E-state index in [-0.39, 0.29) is 18.1 Å². The predicted molar refractivity (Wildman–Crippen MR) is 114 cm³/mol. The third kappa shape index (κ3) is 3.95. The summed E-state index contributed by atoms with van der Waals surface area (Å²) in [5, 5.41) is 3.76. The van der Waals surface area contributed by atoms with Gasteiger partial charge in [0.05, 0.1) is 17.1 Å². The second kappa shape index (κ2) is 8.39. The van der Waals surface area contributed by atoms with Gasteiger partial charge in [-0.05, 0) is 55.5 Å². The van der Waals surface area contributed by atoms with Crippen LogP contribution in [0.5, 0.6) is 0 Å². The Morgan fingerprint density at radius 1 is 1.18 bits per heavy atom. The molecule has 148 valence electrons. The smallest absolute Gasteiger partial charge is 0.322 e. The summed E-state index contributed by atoms with van der Waals surface area (Å²) in [4.78, 5) is 21.6. The molecular weight excluding hydrogens is 372 g/mol. The second-order valence-electron chi connectivity index (χ2n) is 7.74. The molecule has 0 saturated carbocycles. The van der Waals surface area contributed by atoms with Crippen LogP contribution in [0.4, 0.5) is 16.3 Å². The number of hydrogen-bond donors (Lipinski definition) is 1. The molecule has 2 saturated heterocycles. The molecule has 1 N–H and O–H groups in total. The van der Waals surface area contributed by atoms with Crippen molar-refractivity contribution in [3.8, 4) is 0 Å². The van der Waals surface area contributed by atoms with Gasteiger partial charge in [0.2, 0.25) is 0 Å². The Balaban J connectivity index is 1.40. The van der Waals surface area contributed by atoms with Gasteiger partial charge in [-0.15, -0.1) is 0 Å². The standard InChI is InChI=1S/C22H27ClN4O/c1-2-3-5-16-7-9-17(10-8-16)25-22(28)27-18-11-12-19(27)15-26(14-18)21-20(23)6-4-13-24-21/h4,6-10,13,18-19H,2-3,5,11-12,14-15H2,1H3,(H,25,28). The van der Waals surface area contributed by atoms with Crippen molar-refractivity contribution in [1.82, 2.24) is 9.88 Å². The fourth-order valence-electron chi connectivity index (χ4n) is 4.34. The highest BCUT2D eigenvalue weighted by atomic mass is 35.5. The van der Waals surface area contributed by atoms with Crippen LogP contribution in [0.25, 0.3) is 0 Å². The van der Waals surface area contributed by atoms with Crippen molar-refractivity contribution >= 4 is 29.1 Å². The van der Waals surface area contributed by atoms with Crippen molar-refractivity contribution in [2.24, 2.45) is 0 Å². The van der Waals surface area contributed by atoms with Crippen LogP contribution >= 0.6 is 11.6 Å². The molecule has 1 aromatic heterocycles. The van der Waals surface area contributed by atoms with Crippen LogP contribution in [-0.2, 0) is 6.42 Å². The van der Waals surface area contributed by atoms with E-state index in [4.69, 9.17) is 11.6 Å². The normalized spacial score (nSPS) is 21.1. The molecule has 1 aromatic carbocycles. The fraction of sp³-hybridized carbons (Fsp3) is 0.455. The van der Waals surface area contributed by atoms with Crippen LogP contribution in [0.2, 0.25) is 5.02 Å². The van der Waals surface area contributed by atoms with Gasteiger partial charge < -0.3 is 15.1 Å². The van der Waals surface area contributed by atoms with Gasteiger partial charge in [0.1, 0.15) is 5.82 Å². The number of benzene rings is 1. The molecule has 2 aromatic rings. The van der Waals surface area contributed by atoms with Crippen LogP contribution in [0.3, 0.4) is 0 Å². The summed E-state index contributed by atoms with van der Waals surface area (Å²) in [6, 6.07) is 12.3. The van der Waals surface area contributed by atoms with E-state index in [0.29, 0.717) is 5.02 Å². The zero-order valence-electron chi connectivity index (χ0n) is 16.3. The molecule has 2 atom stereocenters. The first-order valence-corrected chi connectivity index (χ1v) is 10.6. The maximum Gasteiger partial charge on any atom is 0.322 e. The summed E-state index contributed by atoms with van der Waals surface area (Å²) < 4.78 is 0. The maximum atomic E-state index is 13.0. The number of carbonyl (C=O) groups is 1. The number of anilines is 2. The van der Waals surface area contributed by atoms with Gasteiger partial charge in [0.15, 0.2) is 0 Å². The van der Waals surface area contributed by atoms with E-state index >= 15 is 0 Å². The SMILES string of the molecule is CCCCc1ccc(NC(=O)N2C3CCC2CN(c2ncccc2Cl)C3)cc1. The number of piperazine rings is 1. The van der Waals surface area contributed by atoms with Crippen molar-refractivity contribution in [3.63, 3.8) is 0 Å². The lowest BCUT2D eigenvalue weighted by Crippen LogP contribution is -2.57. The molecule has 5 nitrogen and oxygen atoms in total. The Morgan fingerprint density at radius 2 is 1.89 bits per heavy atom. The largest absolute Gasteiger partial charge is 0.351 e. The van der Waals surface area contributed by atoms with E-state index in [2.05, 4.69) is 34.3 Å². The number of nitrogens with zero attached hydrogens (tertiary/aromatic N) is 3. The Morgan fingerprint density at radius 3 is 2.54 bits per heavy atom. The van der Waals surface area contributed by atoms with E-state index in [1.807, 2.05) is 29.2 Å². The molecule has 2 aliphatic heterocycles. The van der Waals surface area contributed by atoms with Gasteiger partial charge in [-0.1, -0.05) is 37.1 Å². The number of pyridine rings is 1. The summed E-state index contributed by atoms with van der Waals surface area (Å²) in [7, 11) is 0. The molecule has 2 amide bonds. The van der Waals surface area contributed by atoms with Crippen LogP contribution < -0.4 is 10.2 Å². The number of amides is 2. The van der Waals surface area contributed by atoms with Crippen molar-refractivity contribution in [2.45, 2.75) is 51.1 Å². The fourth-order valence-corrected chi connectivity index (χ4v) is 4.58. The topological polar surface area (TPSA) is 48.5 Å². The van der Waals surface area contributed by atoms with E-state index in [1.165, 1.54) is 18.4 Å². The van der Waals surface area contributed by atoms with Crippen molar-refractivity contribution in [1.29, 1.82) is 0 Å². The number of rotatable bonds is 5. The third-order valence-corrected chi connectivity index (χ3v) is 6.07. The molecule has 28 heavy (non-hydrogen) atoms. The quantitative estimate of drug-likeness (QED) is 0.774. The van der Waals surface area contributed by atoms with Gasteiger partial charge in [-0.2, -0.15) is 0 Å². The number of carbonyl (C=O) groups excluding carboxylic acids is 1. The van der Waals surface area contributed by atoms with E-state index in [0.717, 1.165) is 43.9 Å². The van der Waals surface area contributed by atoms with Gasteiger partial charge in [0.25, 0.3) is 0 Å². The lowest BCUT2D eigenvalue weighted by molar-refractivity contribution is 0.175. The van der Waals surface area contributed by atoms with Gasteiger partial charge >= 0.3 is 6.03 Å². The Kier molecular flexibility index (Phi) is 5.72. The van der Waals surface area contributed by atoms with Crippen LogP contribution in [-0.4, -0.2) is 41.1 Å². The maximum absolute atomic E-state index is 13.0. The summed E-state index contributed by atoms with van der Waals surface area (Å²) >= 11 is 6.33. The molecular formula is C22H27ClN4O. The number of unbranched alkanes of at least 4 members (excludes halogenated alkanes) is 1. The van der Waals surface area contributed by atoms with E-state index < -0.39 is 0 Å². The predicted octanol–water partition coefficient (Wildman–Crippen LogP) is 4.96. The van der Waals surface area contributed by atoms with Crippen LogP contribution in [0, 0.1) is 0 Å². The van der Waals surface area contributed by atoms with Gasteiger partial charge in [0, 0.05) is 25.0 Å².